The predicted molar refractivity (Wildman–Crippen MR) is 47.8 cm³/mol. The number of nitrogens with zero attached hydrogens (tertiary/aromatic N) is 1. The number of aromatic nitrogens is 1. The lowest BCUT2D eigenvalue weighted by atomic mass is 10.1. The van der Waals surface area contributed by atoms with Crippen LogP contribution in [0.1, 0.15) is 12.5 Å². The summed E-state index contributed by atoms with van der Waals surface area (Å²) in [6.07, 6.45) is 0. The molecule has 0 saturated carbocycles. The summed E-state index contributed by atoms with van der Waals surface area (Å²) in [7, 11) is 0. The number of hydrogen-bond acceptors (Lipinski definition) is 3. The molecule has 0 aliphatic heterocycles. The molecule has 3 nitrogen and oxygen atoms in total. The van der Waals surface area contributed by atoms with E-state index < -0.39 is 0 Å². The van der Waals surface area contributed by atoms with Gasteiger partial charge in [0, 0.05) is 0 Å². The molecule has 1 aromatic rings. The molecular weight excluding hydrogens is 138 g/mol. The molecule has 3 heteroatoms. The van der Waals surface area contributed by atoms with E-state index in [1.165, 1.54) is 0 Å². The van der Waals surface area contributed by atoms with E-state index in [9.17, 15) is 0 Å². The maximum atomic E-state index is 5.46. The first kappa shape index (κ1) is 7.60. The first-order valence-corrected chi connectivity index (χ1v) is 3.28. The molecule has 0 amide bonds. The van der Waals surface area contributed by atoms with Crippen LogP contribution in [0.4, 0.5) is 11.6 Å². The Hall–Kier alpha value is -1.51. The van der Waals surface area contributed by atoms with Gasteiger partial charge in [0.1, 0.15) is 11.6 Å². The van der Waals surface area contributed by atoms with Crippen LogP contribution in [0.25, 0.3) is 5.57 Å². The van der Waals surface area contributed by atoms with Gasteiger partial charge in [0.2, 0.25) is 0 Å². The molecule has 0 spiro atoms. The van der Waals surface area contributed by atoms with Gasteiger partial charge in [-0.05, 0) is 24.6 Å². The average molecular weight is 149 g/mol. The number of anilines is 2. The fourth-order valence-electron chi connectivity index (χ4n) is 0.820. The van der Waals surface area contributed by atoms with Crippen molar-refractivity contribution < 1.29 is 0 Å². The van der Waals surface area contributed by atoms with Gasteiger partial charge >= 0.3 is 0 Å². The monoisotopic (exact) mass is 149 g/mol. The SMILES string of the molecule is C=C(C)c1cc(N)nc(N)c1. The van der Waals surface area contributed by atoms with Gasteiger partial charge in [-0.3, -0.25) is 0 Å². The highest BCUT2D eigenvalue weighted by atomic mass is 14.9. The lowest BCUT2D eigenvalue weighted by Crippen LogP contribution is -1.97. The fourth-order valence-corrected chi connectivity index (χ4v) is 0.820. The normalized spacial score (nSPS) is 9.55. The molecule has 11 heavy (non-hydrogen) atoms. The molecule has 0 aliphatic rings. The van der Waals surface area contributed by atoms with Crippen LogP contribution in [0.3, 0.4) is 0 Å². The molecule has 0 atom stereocenters. The summed E-state index contributed by atoms with van der Waals surface area (Å²) >= 11 is 0. The smallest absolute Gasteiger partial charge is 0.126 e. The molecule has 0 fully saturated rings. The Labute approximate surface area is 65.7 Å². The minimum atomic E-state index is 0.433. The number of pyridine rings is 1. The topological polar surface area (TPSA) is 64.9 Å². The van der Waals surface area contributed by atoms with Gasteiger partial charge in [0.15, 0.2) is 0 Å². The molecule has 0 aliphatic carbocycles. The van der Waals surface area contributed by atoms with E-state index in [1.807, 2.05) is 6.92 Å². The number of hydrogen-bond donors (Lipinski definition) is 2. The minimum Gasteiger partial charge on any atom is -0.384 e. The highest BCUT2D eigenvalue weighted by Gasteiger charge is 1.96. The summed E-state index contributed by atoms with van der Waals surface area (Å²) in [6, 6.07) is 3.50. The zero-order valence-electron chi connectivity index (χ0n) is 6.46. The standard InChI is InChI=1S/C8H11N3/c1-5(2)6-3-7(9)11-8(10)4-6/h3-4H,1H2,2H3,(H4,9,10,11). The Kier molecular flexibility index (Phi) is 1.81. The van der Waals surface area contributed by atoms with E-state index in [4.69, 9.17) is 11.5 Å². The molecule has 1 heterocycles. The number of rotatable bonds is 1. The number of nitrogen functional groups attached to an aromatic ring is 2. The van der Waals surface area contributed by atoms with Gasteiger partial charge < -0.3 is 11.5 Å². The summed E-state index contributed by atoms with van der Waals surface area (Å²) < 4.78 is 0. The van der Waals surface area contributed by atoms with Gasteiger partial charge in [-0.15, -0.1) is 0 Å². The zero-order chi connectivity index (χ0) is 8.43. The van der Waals surface area contributed by atoms with E-state index in [0.29, 0.717) is 11.6 Å². The van der Waals surface area contributed by atoms with Crippen LogP contribution in [0.15, 0.2) is 18.7 Å². The summed E-state index contributed by atoms with van der Waals surface area (Å²) in [6.45, 7) is 5.67. The van der Waals surface area contributed by atoms with Crippen LogP contribution in [0.5, 0.6) is 0 Å². The zero-order valence-corrected chi connectivity index (χ0v) is 6.46. The van der Waals surface area contributed by atoms with Crippen molar-refractivity contribution in [2.75, 3.05) is 11.5 Å². The minimum absolute atomic E-state index is 0.433. The van der Waals surface area contributed by atoms with Crippen LogP contribution in [0, 0.1) is 0 Å². The highest BCUT2D eigenvalue weighted by molar-refractivity contribution is 5.66. The fraction of sp³-hybridized carbons (Fsp3) is 0.125. The van der Waals surface area contributed by atoms with Crippen LogP contribution in [-0.2, 0) is 0 Å². The summed E-state index contributed by atoms with van der Waals surface area (Å²) in [5, 5.41) is 0. The molecule has 0 saturated heterocycles. The second-order valence-corrected chi connectivity index (χ2v) is 2.49. The van der Waals surface area contributed by atoms with Gasteiger partial charge in [-0.25, -0.2) is 4.98 Å². The van der Waals surface area contributed by atoms with Crippen LogP contribution in [0.2, 0.25) is 0 Å². The van der Waals surface area contributed by atoms with Gasteiger partial charge in [-0.1, -0.05) is 12.2 Å². The van der Waals surface area contributed by atoms with Crippen molar-refractivity contribution in [2.24, 2.45) is 0 Å². The molecule has 0 unspecified atom stereocenters. The van der Waals surface area contributed by atoms with Gasteiger partial charge in [-0.2, -0.15) is 0 Å². The van der Waals surface area contributed by atoms with Crippen molar-refractivity contribution in [3.8, 4) is 0 Å². The van der Waals surface area contributed by atoms with E-state index in [1.54, 1.807) is 12.1 Å². The predicted octanol–water partition coefficient (Wildman–Crippen LogP) is 1.28. The maximum Gasteiger partial charge on any atom is 0.126 e. The van der Waals surface area contributed by atoms with E-state index in [2.05, 4.69) is 11.6 Å². The number of nitrogens with two attached hydrogens (primary N) is 2. The highest BCUT2D eigenvalue weighted by Crippen LogP contribution is 2.15. The van der Waals surface area contributed by atoms with Crippen molar-refractivity contribution in [1.82, 2.24) is 4.98 Å². The quantitative estimate of drug-likeness (QED) is 0.632. The second-order valence-electron chi connectivity index (χ2n) is 2.49. The third-order valence-electron chi connectivity index (χ3n) is 1.36. The molecule has 0 bridgehead atoms. The Balaban J connectivity index is 3.19. The third-order valence-corrected chi connectivity index (χ3v) is 1.36. The molecule has 4 N–H and O–H groups in total. The lowest BCUT2D eigenvalue weighted by Gasteiger charge is -2.01. The van der Waals surface area contributed by atoms with E-state index in [0.717, 1.165) is 11.1 Å². The number of allylic oxidation sites excluding steroid dienone is 1. The summed E-state index contributed by atoms with van der Waals surface area (Å²) in [5.74, 6) is 0.867. The first-order valence-electron chi connectivity index (χ1n) is 3.28. The van der Waals surface area contributed by atoms with Crippen molar-refractivity contribution in [1.29, 1.82) is 0 Å². The van der Waals surface area contributed by atoms with Crippen molar-refractivity contribution in [3.63, 3.8) is 0 Å². The van der Waals surface area contributed by atoms with Crippen molar-refractivity contribution in [3.05, 3.63) is 24.3 Å². The Bertz CT molecular complexity index is 271. The third kappa shape index (κ3) is 1.70. The van der Waals surface area contributed by atoms with E-state index in [-0.39, 0.29) is 0 Å². The maximum absolute atomic E-state index is 5.46. The van der Waals surface area contributed by atoms with Gasteiger partial charge in [0.05, 0.1) is 0 Å². The lowest BCUT2D eigenvalue weighted by molar-refractivity contribution is 1.33. The molecule has 1 aromatic heterocycles. The Morgan fingerprint density at radius 3 is 2.18 bits per heavy atom. The van der Waals surface area contributed by atoms with Crippen LogP contribution in [-0.4, -0.2) is 4.98 Å². The van der Waals surface area contributed by atoms with Crippen molar-refractivity contribution in [2.45, 2.75) is 6.92 Å². The Morgan fingerprint density at radius 1 is 1.36 bits per heavy atom. The largest absolute Gasteiger partial charge is 0.384 e. The molecule has 1 rings (SSSR count). The van der Waals surface area contributed by atoms with Crippen LogP contribution < -0.4 is 11.5 Å². The summed E-state index contributed by atoms with van der Waals surface area (Å²) in [5.41, 5.74) is 12.8. The van der Waals surface area contributed by atoms with E-state index >= 15 is 0 Å². The molecular formula is C8H11N3. The summed E-state index contributed by atoms with van der Waals surface area (Å²) in [4.78, 5) is 3.83. The van der Waals surface area contributed by atoms with Crippen LogP contribution >= 0.6 is 0 Å². The van der Waals surface area contributed by atoms with Gasteiger partial charge in [0.25, 0.3) is 0 Å². The molecule has 0 radical (unpaired) electrons. The van der Waals surface area contributed by atoms with Crippen molar-refractivity contribution >= 4 is 17.2 Å². The average Bonchev–Trinajstić information content (AvgIpc) is 1.85. The Morgan fingerprint density at radius 2 is 1.82 bits per heavy atom. The molecule has 58 valence electrons. The molecule has 0 aromatic carbocycles. The first-order chi connectivity index (χ1) is 5.09. The second kappa shape index (κ2) is 2.62.